The number of carboxylic acid groups (broad SMARTS) is 1. The molecule has 4 N–H and O–H groups in total. The summed E-state index contributed by atoms with van der Waals surface area (Å²) in [4.78, 5) is 14.5. The fourth-order valence-corrected chi connectivity index (χ4v) is 0.390. The summed E-state index contributed by atoms with van der Waals surface area (Å²) in [7, 11) is 0. The van der Waals surface area contributed by atoms with Gasteiger partial charge in [0, 0.05) is 0 Å². The summed E-state index contributed by atoms with van der Waals surface area (Å²) in [6, 6.07) is 0. The number of carbonyl (C=O) groups is 1. The second-order valence-electron chi connectivity index (χ2n) is 1.47. The minimum Gasteiger partial charge on any atom is -0.479 e. The first-order chi connectivity index (χ1) is 4.22. The Kier molecular flexibility index (Phi) is 3.94. The Bertz CT molecular complexity index is 95.8. The molecule has 0 spiro atoms. The van der Waals surface area contributed by atoms with Gasteiger partial charge in [0.1, 0.15) is 0 Å². The molecule has 0 rings (SSSR count). The van der Waals surface area contributed by atoms with Gasteiger partial charge in [-0.15, -0.1) is 5.59 Å². The van der Waals surface area contributed by atoms with Crippen molar-refractivity contribution in [2.24, 2.45) is 5.84 Å². The Hall–Kier alpha value is -0.650. The van der Waals surface area contributed by atoms with Crippen molar-refractivity contribution in [1.29, 1.82) is 0 Å². The van der Waals surface area contributed by atoms with Crippen LogP contribution in [0.5, 0.6) is 0 Å². The molecule has 0 aromatic heterocycles. The maximum Gasteiger partial charge on any atom is 0.335 e. The number of hydrazine groups is 1. The molecule has 0 heterocycles. The van der Waals surface area contributed by atoms with Crippen molar-refractivity contribution in [3.05, 3.63) is 0 Å². The van der Waals surface area contributed by atoms with E-state index >= 15 is 0 Å². The lowest BCUT2D eigenvalue weighted by atomic mass is 10.3. The number of nitrogens with one attached hydrogen (secondary N) is 1. The van der Waals surface area contributed by atoms with E-state index in [-0.39, 0.29) is 0 Å². The molecule has 0 aliphatic rings. The molecule has 5 nitrogen and oxygen atoms in total. The van der Waals surface area contributed by atoms with Crippen LogP contribution in [0.3, 0.4) is 0 Å². The van der Waals surface area contributed by atoms with Crippen molar-refractivity contribution in [3.63, 3.8) is 0 Å². The van der Waals surface area contributed by atoms with Gasteiger partial charge in [-0.05, 0) is 6.42 Å². The van der Waals surface area contributed by atoms with Gasteiger partial charge in [0.05, 0.1) is 0 Å². The zero-order chi connectivity index (χ0) is 7.28. The molecule has 0 saturated heterocycles. The summed E-state index contributed by atoms with van der Waals surface area (Å²) in [5, 5.41) is 8.28. The normalized spacial score (nSPS) is 13.1. The number of hydrogen-bond acceptors (Lipinski definition) is 4. The fourth-order valence-electron chi connectivity index (χ4n) is 0.390. The molecule has 9 heavy (non-hydrogen) atoms. The number of aliphatic carboxylic acids is 1. The average Bonchev–Trinajstić information content (AvgIpc) is 1.82. The lowest BCUT2D eigenvalue weighted by molar-refractivity contribution is -0.156. The van der Waals surface area contributed by atoms with Gasteiger partial charge in [-0.1, -0.05) is 6.92 Å². The van der Waals surface area contributed by atoms with E-state index in [0.29, 0.717) is 6.42 Å². The monoisotopic (exact) mass is 134 g/mol. The molecule has 0 aliphatic heterocycles. The van der Waals surface area contributed by atoms with Gasteiger partial charge in [-0.25, -0.2) is 10.6 Å². The van der Waals surface area contributed by atoms with Crippen LogP contribution in [0.4, 0.5) is 0 Å². The molecule has 0 radical (unpaired) electrons. The zero-order valence-electron chi connectivity index (χ0n) is 5.13. The molecule has 0 amide bonds. The summed E-state index contributed by atoms with van der Waals surface area (Å²) >= 11 is 0. The molecule has 0 aromatic carbocycles. The molecule has 0 aliphatic carbocycles. The van der Waals surface area contributed by atoms with E-state index in [1.165, 1.54) is 0 Å². The van der Waals surface area contributed by atoms with Crippen LogP contribution >= 0.6 is 0 Å². The Balaban J connectivity index is 3.54. The van der Waals surface area contributed by atoms with Gasteiger partial charge in [0.2, 0.25) is 0 Å². The summed E-state index contributed by atoms with van der Waals surface area (Å²) in [5.74, 6) is 3.69. The topological polar surface area (TPSA) is 84.6 Å². The van der Waals surface area contributed by atoms with E-state index < -0.39 is 12.1 Å². The molecule has 0 aromatic rings. The maximum absolute atomic E-state index is 10.1. The Morgan fingerprint density at radius 1 is 2.00 bits per heavy atom. The third kappa shape index (κ3) is 3.02. The quantitative estimate of drug-likeness (QED) is 0.348. The largest absolute Gasteiger partial charge is 0.479 e. The molecule has 1 unspecified atom stereocenters. The van der Waals surface area contributed by atoms with Crippen LogP contribution in [0.25, 0.3) is 0 Å². The van der Waals surface area contributed by atoms with Crippen LogP contribution in [-0.4, -0.2) is 17.2 Å². The van der Waals surface area contributed by atoms with Crippen LogP contribution in [0.15, 0.2) is 0 Å². The van der Waals surface area contributed by atoms with E-state index in [4.69, 9.17) is 10.9 Å². The third-order valence-electron chi connectivity index (χ3n) is 0.857. The van der Waals surface area contributed by atoms with Gasteiger partial charge in [0.15, 0.2) is 6.10 Å². The van der Waals surface area contributed by atoms with Crippen molar-refractivity contribution >= 4 is 5.97 Å². The van der Waals surface area contributed by atoms with Crippen LogP contribution in [0.2, 0.25) is 0 Å². The van der Waals surface area contributed by atoms with E-state index in [9.17, 15) is 4.79 Å². The highest BCUT2D eigenvalue weighted by molar-refractivity contribution is 5.72. The predicted molar refractivity (Wildman–Crippen MR) is 30.1 cm³/mol. The Morgan fingerprint density at radius 2 is 2.56 bits per heavy atom. The van der Waals surface area contributed by atoms with Crippen molar-refractivity contribution < 1.29 is 14.7 Å². The van der Waals surface area contributed by atoms with Crippen molar-refractivity contribution in [1.82, 2.24) is 5.59 Å². The third-order valence-corrected chi connectivity index (χ3v) is 0.857. The van der Waals surface area contributed by atoms with E-state index in [2.05, 4.69) is 4.84 Å². The van der Waals surface area contributed by atoms with E-state index in [0.717, 1.165) is 0 Å². The minimum atomic E-state index is -1.02. The maximum atomic E-state index is 10.1. The standard InChI is InChI=1S/C4H10N2O3/c1-2-3(4(7)8)9-6-5/h3,6H,2,5H2,1H3,(H,7,8). The number of rotatable bonds is 4. The molecular formula is C4H10N2O3. The molecule has 0 saturated carbocycles. The van der Waals surface area contributed by atoms with E-state index in [1.54, 1.807) is 6.92 Å². The van der Waals surface area contributed by atoms with Crippen LogP contribution in [0.1, 0.15) is 13.3 Å². The predicted octanol–water partition coefficient (Wildman–Crippen LogP) is -0.755. The molecular weight excluding hydrogens is 124 g/mol. The summed E-state index contributed by atoms with van der Waals surface area (Å²) in [6.45, 7) is 1.69. The van der Waals surface area contributed by atoms with Crippen molar-refractivity contribution in [2.45, 2.75) is 19.4 Å². The summed E-state index contributed by atoms with van der Waals surface area (Å²) < 4.78 is 0. The lowest BCUT2D eigenvalue weighted by Crippen LogP contribution is -2.33. The van der Waals surface area contributed by atoms with E-state index in [1.807, 2.05) is 5.59 Å². The van der Waals surface area contributed by atoms with Crippen molar-refractivity contribution in [3.8, 4) is 0 Å². The first-order valence-electron chi connectivity index (χ1n) is 2.56. The molecule has 54 valence electrons. The summed E-state index contributed by atoms with van der Waals surface area (Å²) in [5.41, 5.74) is 1.82. The van der Waals surface area contributed by atoms with Gasteiger partial charge >= 0.3 is 5.97 Å². The zero-order valence-corrected chi connectivity index (χ0v) is 5.13. The minimum absolute atomic E-state index is 0.388. The Labute approximate surface area is 52.7 Å². The van der Waals surface area contributed by atoms with Gasteiger partial charge in [-0.2, -0.15) is 0 Å². The lowest BCUT2D eigenvalue weighted by Gasteiger charge is -2.07. The first-order valence-corrected chi connectivity index (χ1v) is 2.56. The second-order valence-corrected chi connectivity index (χ2v) is 1.47. The molecule has 1 atom stereocenters. The molecule has 0 fully saturated rings. The number of carboxylic acids is 1. The van der Waals surface area contributed by atoms with Gasteiger partial charge in [0.25, 0.3) is 0 Å². The highest BCUT2D eigenvalue weighted by Gasteiger charge is 2.14. The molecule has 0 bridgehead atoms. The SMILES string of the molecule is CCC(ONN)C(=O)O. The van der Waals surface area contributed by atoms with Gasteiger partial charge in [-0.3, -0.25) is 4.84 Å². The molecule has 5 heteroatoms. The number of nitrogens with two attached hydrogens (primary N) is 1. The number of hydrogen-bond donors (Lipinski definition) is 3. The average molecular weight is 134 g/mol. The highest BCUT2D eigenvalue weighted by Crippen LogP contribution is 1.93. The highest BCUT2D eigenvalue weighted by atomic mass is 16.7. The smallest absolute Gasteiger partial charge is 0.335 e. The van der Waals surface area contributed by atoms with Crippen LogP contribution < -0.4 is 11.4 Å². The van der Waals surface area contributed by atoms with Crippen molar-refractivity contribution in [2.75, 3.05) is 0 Å². The summed E-state index contributed by atoms with van der Waals surface area (Å²) in [6.07, 6.45) is -0.463. The van der Waals surface area contributed by atoms with Crippen LogP contribution in [0, 0.1) is 0 Å². The Morgan fingerprint density at radius 3 is 2.67 bits per heavy atom. The van der Waals surface area contributed by atoms with Crippen LogP contribution in [-0.2, 0) is 9.63 Å². The van der Waals surface area contributed by atoms with Gasteiger partial charge < -0.3 is 5.11 Å². The first kappa shape index (κ1) is 8.35. The second kappa shape index (κ2) is 4.25. The fraction of sp³-hybridized carbons (Fsp3) is 0.750.